The maximum absolute atomic E-state index is 13.2. The Kier molecular flexibility index (Phi) is 5.03. The van der Waals surface area contributed by atoms with E-state index in [0.717, 1.165) is 17.9 Å². The molecular formula is C13H8ClF3N4O2S3. The largest absolute Gasteiger partial charge is 0.419 e. The molecule has 0 bridgehead atoms. The molecule has 6 nitrogen and oxygen atoms in total. The van der Waals surface area contributed by atoms with Crippen molar-refractivity contribution in [2.75, 3.05) is 6.26 Å². The maximum Gasteiger partial charge on any atom is 0.419 e. The molecule has 3 aromatic rings. The van der Waals surface area contributed by atoms with Crippen LogP contribution in [0.15, 0.2) is 44.2 Å². The Bertz CT molecular complexity index is 1130. The summed E-state index contributed by atoms with van der Waals surface area (Å²) in [5, 5.41) is -0.715. The van der Waals surface area contributed by atoms with Gasteiger partial charge in [0, 0.05) is 6.20 Å². The number of fused-ring (bicyclic) bond motifs is 1. The van der Waals surface area contributed by atoms with Gasteiger partial charge in [-0.3, -0.25) is 0 Å². The van der Waals surface area contributed by atoms with E-state index in [1.165, 1.54) is 18.4 Å². The van der Waals surface area contributed by atoms with Gasteiger partial charge in [-0.1, -0.05) is 17.7 Å². The van der Waals surface area contributed by atoms with Gasteiger partial charge < -0.3 is 0 Å². The standard InChI is InChI=1S/C13H8ClF3N4O2S3/c1-25(12-8(13(15,16)17)5-7(14)6-18-12)21-26(22,23)10-4-2-3-9-11(10)20-24-19-9/h2-6H,1H3/t25-/m0/s1. The van der Waals surface area contributed by atoms with Crippen molar-refractivity contribution >= 4 is 55.1 Å². The van der Waals surface area contributed by atoms with Crippen molar-refractivity contribution in [2.45, 2.75) is 16.1 Å². The number of benzene rings is 1. The fraction of sp³-hybridized carbons (Fsp3) is 0.154. The second-order valence-corrected chi connectivity index (χ2v) is 9.21. The van der Waals surface area contributed by atoms with E-state index < -0.39 is 37.5 Å². The van der Waals surface area contributed by atoms with E-state index in [9.17, 15) is 21.6 Å². The van der Waals surface area contributed by atoms with Crippen LogP contribution in [0.3, 0.4) is 0 Å². The topological polar surface area (TPSA) is 85.2 Å². The Balaban J connectivity index is 2.15. The normalized spacial score (nSPS) is 14.0. The average Bonchev–Trinajstić information content (AvgIpc) is 3.01. The molecule has 0 aliphatic carbocycles. The number of hydrogen-bond donors (Lipinski definition) is 0. The van der Waals surface area contributed by atoms with Gasteiger partial charge in [-0.2, -0.15) is 30.3 Å². The number of alkyl halides is 3. The third-order valence-corrected chi connectivity index (χ3v) is 7.34. The first-order valence-corrected chi connectivity index (χ1v) is 10.8. The van der Waals surface area contributed by atoms with Crippen molar-refractivity contribution in [3.05, 3.63) is 41.0 Å². The van der Waals surface area contributed by atoms with Gasteiger partial charge in [0.1, 0.15) is 21.0 Å². The average molecular weight is 441 g/mol. The van der Waals surface area contributed by atoms with Gasteiger partial charge in [0.25, 0.3) is 10.0 Å². The molecule has 26 heavy (non-hydrogen) atoms. The number of pyridine rings is 1. The second-order valence-electron chi connectivity index (χ2n) is 4.92. The zero-order valence-corrected chi connectivity index (χ0v) is 15.9. The van der Waals surface area contributed by atoms with E-state index in [4.69, 9.17) is 11.6 Å². The minimum absolute atomic E-state index is 0.123. The predicted octanol–water partition coefficient (Wildman–Crippen LogP) is 3.94. The van der Waals surface area contributed by atoms with Crippen LogP contribution in [0.4, 0.5) is 13.2 Å². The molecule has 3 rings (SSSR count). The summed E-state index contributed by atoms with van der Waals surface area (Å²) >= 11 is 6.41. The predicted molar refractivity (Wildman–Crippen MR) is 92.8 cm³/mol. The smallest absolute Gasteiger partial charge is 0.247 e. The van der Waals surface area contributed by atoms with Gasteiger partial charge in [-0.25, -0.2) is 4.98 Å². The molecule has 0 radical (unpaired) electrons. The Morgan fingerprint density at radius 1 is 1.27 bits per heavy atom. The van der Waals surface area contributed by atoms with E-state index in [2.05, 4.69) is 17.5 Å². The Labute approximate surface area is 157 Å². The van der Waals surface area contributed by atoms with Crippen molar-refractivity contribution < 1.29 is 21.6 Å². The SMILES string of the molecule is C[S@](=NS(=O)(=O)c1cccc2nsnc12)c1ncc(Cl)cc1C(F)(F)F. The molecule has 0 fully saturated rings. The van der Waals surface area contributed by atoms with Crippen LogP contribution in [0.25, 0.3) is 11.0 Å². The molecule has 0 aliphatic heterocycles. The van der Waals surface area contributed by atoms with Crippen LogP contribution in [0.1, 0.15) is 5.56 Å². The fourth-order valence-electron chi connectivity index (χ4n) is 2.08. The molecule has 1 aromatic carbocycles. The first-order valence-electron chi connectivity index (χ1n) is 6.68. The van der Waals surface area contributed by atoms with Crippen LogP contribution in [0.5, 0.6) is 0 Å². The van der Waals surface area contributed by atoms with Crippen molar-refractivity contribution in [1.82, 2.24) is 13.7 Å². The summed E-state index contributed by atoms with van der Waals surface area (Å²) in [6.07, 6.45) is -2.49. The van der Waals surface area contributed by atoms with E-state index in [1.807, 2.05) is 0 Å². The molecule has 138 valence electrons. The minimum atomic E-state index is -4.74. The summed E-state index contributed by atoms with van der Waals surface area (Å²) in [5.41, 5.74) is -0.635. The lowest BCUT2D eigenvalue weighted by Gasteiger charge is -2.12. The fourth-order valence-corrected chi connectivity index (χ4v) is 5.97. The lowest BCUT2D eigenvalue weighted by atomic mass is 10.3. The van der Waals surface area contributed by atoms with Gasteiger partial charge >= 0.3 is 6.18 Å². The van der Waals surface area contributed by atoms with Gasteiger partial charge in [0.05, 0.1) is 22.3 Å². The summed E-state index contributed by atoms with van der Waals surface area (Å²) in [5.74, 6) is 0. The van der Waals surface area contributed by atoms with Crippen molar-refractivity contribution in [3.63, 3.8) is 0 Å². The van der Waals surface area contributed by atoms with Gasteiger partial charge in [-0.05, 0) is 35.1 Å². The first kappa shape index (κ1) is 19.1. The van der Waals surface area contributed by atoms with Gasteiger partial charge in [0.2, 0.25) is 0 Å². The van der Waals surface area contributed by atoms with Crippen LogP contribution in [-0.2, 0) is 26.9 Å². The number of rotatable bonds is 3. The lowest BCUT2D eigenvalue weighted by molar-refractivity contribution is -0.140. The highest BCUT2D eigenvalue weighted by Gasteiger charge is 2.35. The molecule has 0 saturated heterocycles. The number of nitrogens with zero attached hydrogens (tertiary/aromatic N) is 4. The van der Waals surface area contributed by atoms with Gasteiger partial charge in [0.15, 0.2) is 0 Å². The summed E-state index contributed by atoms with van der Waals surface area (Å²) in [6.45, 7) is 0. The number of sulfonamides is 1. The Hall–Kier alpha value is -1.63. The molecule has 1 atom stereocenters. The summed E-state index contributed by atoms with van der Waals surface area (Å²) < 4.78 is 76.3. The molecule has 0 N–H and O–H groups in total. The molecule has 2 aromatic heterocycles. The summed E-state index contributed by atoms with van der Waals surface area (Å²) in [4.78, 5) is 3.43. The van der Waals surface area contributed by atoms with Crippen LogP contribution < -0.4 is 0 Å². The highest BCUT2D eigenvalue weighted by atomic mass is 35.5. The molecule has 0 unspecified atom stereocenters. The summed E-state index contributed by atoms with van der Waals surface area (Å²) in [7, 11) is -5.97. The quantitative estimate of drug-likeness (QED) is 0.615. The zero-order valence-electron chi connectivity index (χ0n) is 12.7. The molecule has 0 saturated carbocycles. The third kappa shape index (κ3) is 3.72. The highest BCUT2D eigenvalue weighted by Crippen LogP contribution is 2.34. The van der Waals surface area contributed by atoms with Crippen LogP contribution >= 0.6 is 23.3 Å². The monoisotopic (exact) mass is 440 g/mol. The number of aromatic nitrogens is 3. The lowest BCUT2D eigenvalue weighted by Crippen LogP contribution is -2.12. The molecular weight excluding hydrogens is 433 g/mol. The van der Waals surface area contributed by atoms with E-state index in [0.29, 0.717) is 11.6 Å². The third-order valence-electron chi connectivity index (χ3n) is 3.14. The van der Waals surface area contributed by atoms with Crippen molar-refractivity contribution in [2.24, 2.45) is 3.77 Å². The molecule has 0 aliphatic rings. The van der Waals surface area contributed by atoms with Gasteiger partial charge in [-0.15, -0.1) is 3.77 Å². The molecule has 13 heteroatoms. The van der Waals surface area contributed by atoms with E-state index >= 15 is 0 Å². The van der Waals surface area contributed by atoms with Crippen molar-refractivity contribution in [3.8, 4) is 0 Å². The van der Waals surface area contributed by atoms with E-state index in [1.54, 1.807) is 6.07 Å². The van der Waals surface area contributed by atoms with E-state index in [-0.39, 0.29) is 15.4 Å². The van der Waals surface area contributed by atoms with Crippen LogP contribution in [0, 0.1) is 0 Å². The zero-order chi connectivity index (χ0) is 19.1. The maximum atomic E-state index is 13.2. The minimum Gasteiger partial charge on any atom is -0.247 e. The van der Waals surface area contributed by atoms with Crippen LogP contribution in [-0.4, -0.2) is 28.4 Å². The molecule has 0 spiro atoms. The molecule has 0 amide bonds. The summed E-state index contributed by atoms with van der Waals surface area (Å²) in [6, 6.07) is 5.01. The number of halogens is 4. The van der Waals surface area contributed by atoms with Crippen molar-refractivity contribution in [1.29, 1.82) is 0 Å². The Morgan fingerprint density at radius 3 is 2.69 bits per heavy atom. The Morgan fingerprint density at radius 2 is 2.00 bits per heavy atom. The first-order chi connectivity index (χ1) is 12.1. The highest BCUT2D eigenvalue weighted by molar-refractivity contribution is 8.00. The number of hydrogen-bond acceptors (Lipinski definition) is 6. The molecule has 2 heterocycles. The van der Waals surface area contributed by atoms with Crippen LogP contribution in [0.2, 0.25) is 5.02 Å². The second kappa shape index (κ2) is 6.83.